The Hall–Kier alpha value is -2.93. The van der Waals surface area contributed by atoms with Gasteiger partial charge in [0.05, 0.1) is 42.6 Å². The molecule has 0 amide bonds. The lowest BCUT2D eigenvalue weighted by Crippen LogP contribution is -2.26. The maximum Gasteiger partial charge on any atom is 0.124 e. The smallest absolute Gasteiger partial charge is 0.124 e. The Balaban J connectivity index is 1.75. The lowest BCUT2D eigenvalue weighted by atomic mass is 10.0. The molecule has 4 heterocycles. The summed E-state index contributed by atoms with van der Waals surface area (Å²) in [5.74, 6) is 1.79. The number of methoxy groups -OCH3 is 1. The Labute approximate surface area is 162 Å². The number of hydrogen-bond acceptors (Lipinski definition) is 6. The highest BCUT2D eigenvalue weighted by Crippen LogP contribution is 2.35. The van der Waals surface area contributed by atoms with Crippen LogP contribution in [0.15, 0.2) is 41.2 Å². The van der Waals surface area contributed by atoms with Gasteiger partial charge in [0.25, 0.3) is 0 Å². The minimum atomic E-state index is 0.221. The highest BCUT2D eigenvalue weighted by molar-refractivity contribution is 6.03. The molecule has 7 nitrogen and oxygen atoms in total. The normalized spacial score (nSPS) is 20.1. The van der Waals surface area contributed by atoms with Gasteiger partial charge in [-0.05, 0) is 38.0 Å². The first-order chi connectivity index (χ1) is 13.7. The van der Waals surface area contributed by atoms with Gasteiger partial charge in [-0.2, -0.15) is 0 Å². The summed E-state index contributed by atoms with van der Waals surface area (Å²) in [7, 11) is 1.68. The van der Waals surface area contributed by atoms with Crippen molar-refractivity contribution in [2.24, 2.45) is 0 Å². The zero-order chi connectivity index (χ0) is 19.1. The van der Waals surface area contributed by atoms with E-state index in [1.165, 1.54) is 0 Å². The molecule has 1 aliphatic rings. The highest BCUT2D eigenvalue weighted by atomic mass is 16.5. The van der Waals surface area contributed by atoms with E-state index in [9.17, 15) is 0 Å². The van der Waals surface area contributed by atoms with Gasteiger partial charge in [-0.3, -0.25) is 4.98 Å². The fourth-order valence-electron chi connectivity index (χ4n) is 4.15. The highest BCUT2D eigenvalue weighted by Gasteiger charge is 2.26. The SMILES string of the molecule is COc1ccc2ncc3nc(Cc4ccon4)n([C@H]4CCO[C@@H](C)C4)c3c2c1. The number of benzene rings is 1. The van der Waals surface area contributed by atoms with Crippen molar-refractivity contribution in [3.05, 3.63) is 48.2 Å². The van der Waals surface area contributed by atoms with E-state index < -0.39 is 0 Å². The molecule has 1 aliphatic heterocycles. The van der Waals surface area contributed by atoms with Gasteiger partial charge in [-0.1, -0.05) is 5.16 Å². The van der Waals surface area contributed by atoms with Crippen molar-refractivity contribution in [3.63, 3.8) is 0 Å². The maximum atomic E-state index is 5.79. The Morgan fingerprint density at radius 2 is 2.18 bits per heavy atom. The third-order valence-corrected chi connectivity index (χ3v) is 5.45. The second kappa shape index (κ2) is 6.91. The summed E-state index contributed by atoms with van der Waals surface area (Å²) in [4.78, 5) is 9.54. The van der Waals surface area contributed by atoms with Crippen molar-refractivity contribution in [1.29, 1.82) is 0 Å². The monoisotopic (exact) mass is 378 g/mol. The number of imidazole rings is 1. The number of pyridine rings is 1. The summed E-state index contributed by atoms with van der Waals surface area (Å²) < 4.78 is 18.7. The average molecular weight is 378 g/mol. The number of ether oxygens (including phenoxy) is 2. The first-order valence-corrected chi connectivity index (χ1v) is 9.57. The van der Waals surface area contributed by atoms with Crippen LogP contribution in [0.5, 0.6) is 5.75 Å². The first-order valence-electron chi connectivity index (χ1n) is 9.57. The number of aromatic nitrogens is 4. The van der Waals surface area contributed by atoms with E-state index in [1.54, 1.807) is 13.4 Å². The maximum absolute atomic E-state index is 5.79. The van der Waals surface area contributed by atoms with Crippen molar-refractivity contribution >= 4 is 21.9 Å². The lowest BCUT2D eigenvalue weighted by Gasteiger charge is -2.30. The summed E-state index contributed by atoms with van der Waals surface area (Å²) in [6.07, 6.45) is 6.19. The summed E-state index contributed by atoms with van der Waals surface area (Å²) in [6.45, 7) is 2.88. The molecule has 0 saturated carbocycles. The van der Waals surface area contributed by atoms with Gasteiger partial charge in [0, 0.05) is 24.1 Å². The van der Waals surface area contributed by atoms with Crippen LogP contribution in [0, 0.1) is 0 Å². The van der Waals surface area contributed by atoms with E-state index in [1.807, 2.05) is 30.5 Å². The van der Waals surface area contributed by atoms with Crippen LogP contribution in [0.4, 0.5) is 0 Å². The second-order valence-electron chi connectivity index (χ2n) is 7.30. The molecule has 2 atom stereocenters. The average Bonchev–Trinajstić information content (AvgIpc) is 3.35. The van der Waals surface area contributed by atoms with Gasteiger partial charge in [-0.15, -0.1) is 0 Å². The van der Waals surface area contributed by atoms with Crippen molar-refractivity contribution in [2.45, 2.75) is 38.3 Å². The second-order valence-corrected chi connectivity index (χ2v) is 7.30. The minimum Gasteiger partial charge on any atom is -0.497 e. The lowest BCUT2D eigenvalue weighted by molar-refractivity contribution is 0.00630. The molecule has 1 aromatic carbocycles. The van der Waals surface area contributed by atoms with Crippen molar-refractivity contribution < 1.29 is 14.0 Å². The Bertz CT molecular complexity index is 1120. The number of nitrogens with zero attached hydrogens (tertiary/aromatic N) is 4. The molecule has 0 N–H and O–H groups in total. The van der Waals surface area contributed by atoms with E-state index in [-0.39, 0.29) is 6.10 Å². The quantitative estimate of drug-likeness (QED) is 0.536. The molecular weight excluding hydrogens is 356 g/mol. The van der Waals surface area contributed by atoms with Gasteiger partial charge >= 0.3 is 0 Å². The van der Waals surface area contributed by atoms with Crippen molar-refractivity contribution in [1.82, 2.24) is 19.7 Å². The predicted octanol–water partition coefficient (Wildman–Crippen LogP) is 3.91. The number of hydrogen-bond donors (Lipinski definition) is 0. The van der Waals surface area contributed by atoms with Gasteiger partial charge in [-0.25, -0.2) is 4.98 Å². The molecule has 4 aromatic rings. The molecule has 1 fully saturated rings. The third kappa shape index (κ3) is 2.92. The first kappa shape index (κ1) is 17.2. The largest absolute Gasteiger partial charge is 0.497 e. The van der Waals surface area contributed by atoms with Gasteiger partial charge < -0.3 is 18.6 Å². The summed E-state index contributed by atoms with van der Waals surface area (Å²) in [6, 6.07) is 8.18. The molecule has 0 bridgehead atoms. The molecule has 1 saturated heterocycles. The molecule has 0 aliphatic carbocycles. The van der Waals surface area contributed by atoms with Crippen LogP contribution < -0.4 is 4.74 Å². The van der Waals surface area contributed by atoms with Crippen LogP contribution in [-0.4, -0.2) is 39.5 Å². The van der Waals surface area contributed by atoms with Gasteiger partial charge in [0.1, 0.15) is 23.4 Å². The predicted molar refractivity (Wildman–Crippen MR) is 105 cm³/mol. The van der Waals surface area contributed by atoms with Crippen molar-refractivity contribution in [2.75, 3.05) is 13.7 Å². The number of rotatable bonds is 4. The fraction of sp³-hybridized carbons (Fsp3) is 0.381. The molecule has 0 radical (unpaired) electrons. The molecule has 28 heavy (non-hydrogen) atoms. The van der Waals surface area contributed by atoms with Crippen LogP contribution in [-0.2, 0) is 11.2 Å². The summed E-state index contributed by atoms with van der Waals surface area (Å²) >= 11 is 0. The van der Waals surface area contributed by atoms with Crippen LogP contribution in [0.1, 0.15) is 37.3 Å². The third-order valence-electron chi connectivity index (χ3n) is 5.45. The standard InChI is InChI=1S/C21H22N4O3/c1-13-9-15(6-7-27-13)25-20(10-14-5-8-28-24-14)23-19-12-22-18-4-3-16(26-2)11-17(18)21(19)25/h3-5,8,11-13,15H,6-7,9-10H2,1-2H3/t13-,15-/m0/s1. The molecular formula is C21H22N4O3. The van der Waals surface area contributed by atoms with E-state index >= 15 is 0 Å². The van der Waals surface area contributed by atoms with Gasteiger partial charge in [0.15, 0.2) is 0 Å². The van der Waals surface area contributed by atoms with Crippen LogP contribution in [0.25, 0.3) is 21.9 Å². The molecule has 0 spiro atoms. The van der Waals surface area contributed by atoms with E-state index in [4.69, 9.17) is 19.0 Å². The zero-order valence-electron chi connectivity index (χ0n) is 16.0. The Morgan fingerprint density at radius 3 is 2.96 bits per heavy atom. The van der Waals surface area contributed by atoms with Crippen LogP contribution in [0.3, 0.4) is 0 Å². The Kier molecular flexibility index (Phi) is 4.24. The molecule has 7 heteroatoms. The fourth-order valence-corrected chi connectivity index (χ4v) is 4.15. The zero-order valence-corrected chi connectivity index (χ0v) is 16.0. The summed E-state index contributed by atoms with van der Waals surface area (Å²) in [5, 5.41) is 5.13. The van der Waals surface area contributed by atoms with E-state index in [0.717, 1.165) is 58.7 Å². The molecule has 144 valence electrons. The van der Waals surface area contributed by atoms with Crippen LogP contribution >= 0.6 is 0 Å². The van der Waals surface area contributed by atoms with E-state index in [2.05, 4.69) is 21.6 Å². The minimum absolute atomic E-state index is 0.221. The molecule has 5 rings (SSSR count). The molecule has 0 unspecified atom stereocenters. The number of fused-ring (bicyclic) bond motifs is 3. The summed E-state index contributed by atoms with van der Waals surface area (Å²) in [5.41, 5.74) is 3.79. The van der Waals surface area contributed by atoms with Crippen molar-refractivity contribution in [3.8, 4) is 5.75 Å². The van der Waals surface area contributed by atoms with E-state index in [0.29, 0.717) is 12.5 Å². The van der Waals surface area contributed by atoms with Crippen LogP contribution in [0.2, 0.25) is 0 Å². The van der Waals surface area contributed by atoms with Gasteiger partial charge in [0.2, 0.25) is 0 Å². The Morgan fingerprint density at radius 1 is 1.25 bits per heavy atom. The topological polar surface area (TPSA) is 75.2 Å². The molecule has 3 aromatic heterocycles.